The monoisotopic (exact) mass is 270 g/mol. The minimum Gasteiger partial charge on any atom is -0.201 e. The smallest absolute Gasteiger partial charge is 0.201 e. The van der Waals surface area contributed by atoms with Gasteiger partial charge in [0.25, 0.3) is 0 Å². The van der Waals surface area contributed by atoms with Crippen LogP contribution < -0.4 is 4.57 Å². The summed E-state index contributed by atoms with van der Waals surface area (Å²) in [5.41, 5.74) is 4.84. The Hall–Kier alpha value is -1.63. The molecular weight excluding hydrogens is 242 g/mol. The van der Waals surface area contributed by atoms with Gasteiger partial charge in [0.05, 0.1) is 0 Å². The zero-order valence-electron chi connectivity index (χ0n) is 15.4. The molecule has 0 saturated carbocycles. The summed E-state index contributed by atoms with van der Waals surface area (Å²) in [7, 11) is 1.99. The average molecular weight is 270 g/mol. The van der Waals surface area contributed by atoms with Crippen LogP contribution in [0.2, 0.25) is 0 Å². The van der Waals surface area contributed by atoms with E-state index in [1.807, 2.05) is 57.6 Å². The molecule has 0 aliphatic heterocycles. The van der Waals surface area contributed by atoms with Gasteiger partial charge in [-0.05, 0) is 42.8 Å². The number of pyridine rings is 1. The zero-order valence-corrected chi connectivity index (χ0v) is 13.4. The molecule has 0 fully saturated rings. The van der Waals surface area contributed by atoms with Crippen molar-refractivity contribution in [3.05, 3.63) is 53.2 Å². The fourth-order valence-electron chi connectivity index (χ4n) is 2.41. The minimum atomic E-state index is -1.38. The number of aromatic nitrogens is 1. The Kier molecular flexibility index (Phi) is 3.27. The Morgan fingerprint density at radius 1 is 1.10 bits per heavy atom. The van der Waals surface area contributed by atoms with E-state index >= 15 is 0 Å². The van der Waals surface area contributed by atoms with Crippen LogP contribution in [0.4, 0.5) is 0 Å². The first-order valence-electron chi connectivity index (χ1n) is 8.12. The van der Waals surface area contributed by atoms with Crippen LogP contribution in [0.1, 0.15) is 40.2 Å². The Bertz CT molecular complexity index is 697. The lowest BCUT2D eigenvalue weighted by Crippen LogP contribution is -2.32. The normalized spacial score (nSPS) is 13.9. The third-order valence-electron chi connectivity index (χ3n) is 3.41. The van der Waals surface area contributed by atoms with E-state index < -0.39 is 11.8 Å². The summed E-state index contributed by atoms with van der Waals surface area (Å²) < 4.78 is 19.1. The number of rotatable bonds is 2. The van der Waals surface area contributed by atoms with Crippen LogP contribution in [0.25, 0.3) is 11.3 Å². The lowest BCUT2D eigenvalue weighted by molar-refractivity contribution is -0.660. The van der Waals surface area contributed by atoms with Crippen LogP contribution >= 0.6 is 0 Å². The quantitative estimate of drug-likeness (QED) is 0.713. The Morgan fingerprint density at radius 2 is 1.75 bits per heavy atom. The van der Waals surface area contributed by atoms with Crippen LogP contribution in [-0.2, 0) is 13.4 Å². The molecule has 1 heterocycles. The van der Waals surface area contributed by atoms with Crippen LogP contribution in [0, 0.1) is 19.3 Å². The van der Waals surface area contributed by atoms with Crippen LogP contribution in [-0.4, -0.2) is 0 Å². The molecule has 0 N–H and O–H groups in total. The van der Waals surface area contributed by atoms with Crippen molar-refractivity contribution < 1.29 is 7.31 Å². The molecule has 2 rings (SSSR count). The molecule has 0 aliphatic rings. The largest absolute Gasteiger partial charge is 0.212 e. The third kappa shape index (κ3) is 3.27. The summed E-state index contributed by atoms with van der Waals surface area (Å²) in [4.78, 5) is 0. The molecule has 20 heavy (non-hydrogen) atoms. The molecule has 1 nitrogen and oxygen atoms in total. The number of nitrogens with zero attached hydrogens (tertiary/aromatic N) is 1. The fourth-order valence-corrected chi connectivity index (χ4v) is 2.41. The van der Waals surface area contributed by atoms with Gasteiger partial charge in [0.1, 0.15) is 7.05 Å². The maximum atomic E-state index is 8.53. The number of hydrogen-bond donors (Lipinski definition) is 0. The highest BCUT2D eigenvalue weighted by Gasteiger charge is 2.19. The van der Waals surface area contributed by atoms with Crippen molar-refractivity contribution in [2.45, 2.75) is 41.0 Å². The molecule has 1 heteroatoms. The molecule has 0 aliphatic carbocycles. The Morgan fingerprint density at radius 3 is 2.35 bits per heavy atom. The summed E-state index contributed by atoms with van der Waals surface area (Å²) >= 11 is 0. The van der Waals surface area contributed by atoms with Gasteiger partial charge in [0.15, 0.2) is 6.20 Å². The van der Waals surface area contributed by atoms with Crippen LogP contribution in [0.5, 0.6) is 0 Å². The van der Waals surface area contributed by atoms with E-state index in [-0.39, 0.29) is 0 Å². The first-order chi connectivity index (χ1) is 10.1. The maximum absolute atomic E-state index is 8.53. The molecule has 0 spiro atoms. The van der Waals surface area contributed by atoms with Crippen molar-refractivity contribution in [3.8, 4) is 11.3 Å². The molecule has 0 radical (unpaired) electrons. The van der Waals surface area contributed by atoms with Crippen LogP contribution in [0.3, 0.4) is 0 Å². The molecular formula is C19H26N+. The second kappa shape index (κ2) is 5.40. The topological polar surface area (TPSA) is 3.88 Å². The van der Waals surface area contributed by atoms with Crippen molar-refractivity contribution in [2.24, 2.45) is 12.5 Å². The highest BCUT2D eigenvalue weighted by molar-refractivity contribution is 5.61. The molecule has 1 aromatic heterocycles. The van der Waals surface area contributed by atoms with Gasteiger partial charge in [-0.2, -0.15) is 0 Å². The SMILES string of the molecule is [2H]C([2H])(c1c[n+](C)c(-c2ccccc2C)cc1C)C(C)(C)C. The minimum absolute atomic E-state index is 0.449. The molecule has 2 aromatic rings. The summed E-state index contributed by atoms with van der Waals surface area (Å²) in [6.45, 7) is 9.94. The second-order valence-electron chi connectivity index (χ2n) is 6.56. The predicted octanol–water partition coefficient (Wildman–Crippen LogP) is 4.38. The van der Waals surface area contributed by atoms with Crippen molar-refractivity contribution in [1.29, 1.82) is 0 Å². The van der Waals surface area contributed by atoms with Gasteiger partial charge in [-0.1, -0.05) is 39.0 Å². The maximum Gasteiger partial charge on any atom is 0.212 e. The average Bonchev–Trinajstić information content (AvgIpc) is 2.40. The van der Waals surface area contributed by atoms with Crippen LogP contribution in [0.15, 0.2) is 36.5 Å². The van der Waals surface area contributed by atoms with Gasteiger partial charge in [-0.3, -0.25) is 0 Å². The van der Waals surface area contributed by atoms with E-state index in [9.17, 15) is 0 Å². The van der Waals surface area contributed by atoms with Gasteiger partial charge in [0.2, 0.25) is 5.69 Å². The van der Waals surface area contributed by atoms with Crippen molar-refractivity contribution in [1.82, 2.24) is 0 Å². The molecule has 0 atom stereocenters. The summed E-state index contributed by atoms with van der Waals surface area (Å²) in [6, 6.07) is 10.4. The first-order valence-corrected chi connectivity index (χ1v) is 7.12. The van der Waals surface area contributed by atoms with Gasteiger partial charge >= 0.3 is 0 Å². The van der Waals surface area contributed by atoms with E-state index in [0.717, 1.165) is 16.8 Å². The molecule has 1 aromatic carbocycles. The van der Waals surface area contributed by atoms with E-state index in [0.29, 0.717) is 0 Å². The Balaban J connectivity index is 2.63. The van der Waals surface area contributed by atoms with Gasteiger partial charge in [-0.15, -0.1) is 0 Å². The van der Waals surface area contributed by atoms with Crippen molar-refractivity contribution in [3.63, 3.8) is 0 Å². The van der Waals surface area contributed by atoms with E-state index in [1.54, 1.807) is 0 Å². The summed E-state index contributed by atoms with van der Waals surface area (Å²) in [6.07, 6.45) is 0.571. The number of hydrogen-bond acceptors (Lipinski definition) is 0. The van der Waals surface area contributed by atoms with E-state index in [1.165, 1.54) is 11.1 Å². The Labute approximate surface area is 126 Å². The van der Waals surface area contributed by atoms with Gasteiger partial charge < -0.3 is 0 Å². The molecule has 0 bridgehead atoms. The number of benzene rings is 1. The first kappa shape index (κ1) is 12.1. The third-order valence-corrected chi connectivity index (χ3v) is 3.41. The highest BCUT2D eigenvalue weighted by atomic mass is 14.9. The predicted molar refractivity (Wildman–Crippen MR) is 85.7 cm³/mol. The molecule has 106 valence electrons. The second-order valence-corrected chi connectivity index (χ2v) is 6.56. The standard InChI is InChI=1S/C19H26N/c1-14-9-7-8-10-17(14)18-11-15(2)16(13-20(18)6)12-19(3,4)5/h7-11,13H,12H2,1-6H3/q+1/i12D2. The molecule has 0 saturated heterocycles. The zero-order chi connectivity index (χ0) is 16.7. The van der Waals surface area contributed by atoms with E-state index in [4.69, 9.17) is 2.74 Å². The lowest BCUT2D eigenvalue weighted by atomic mass is 9.87. The van der Waals surface area contributed by atoms with Gasteiger partial charge in [-0.25, -0.2) is 4.57 Å². The molecule has 0 amide bonds. The fraction of sp³-hybridized carbons (Fsp3) is 0.421. The van der Waals surface area contributed by atoms with E-state index in [2.05, 4.69) is 25.1 Å². The lowest BCUT2D eigenvalue weighted by Gasteiger charge is -2.19. The van der Waals surface area contributed by atoms with Gasteiger partial charge in [0, 0.05) is 19.9 Å². The summed E-state index contributed by atoms with van der Waals surface area (Å²) in [5.74, 6) is 0. The summed E-state index contributed by atoms with van der Waals surface area (Å²) in [5, 5.41) is 0. The van der Waals surface area contributed by atoms with Crippen molar-refractivity contribution >= 4 is 0 Å². The molecule has 0 unspecified atom stereocenters. The van der Waals surface area contributed by atoms with Crippen molar-refractivity contribution in [2.75, 3.05) is 0 Å². The highest BCUT2D eigenvalue weighted by Crippen LogP contribution is 2.25. The number of aryl methyl sites for hydroxylation is 3.